The van der Waals surface area contributed by atoms with Crippen molar-refractivity contribution in [3.8, 4) is 0 Å². The molecule has 0 aliphatic heterocycles. The van der Waals surface area contributed by atoms with E-state index in [0.717, 1.165) is 21.7 Å². The van der Waals surface area contributed by atoms with E-state index in [1.807, 2.05) is 52.0 Å². The van der Waals surface area contributed by atoms with Crippen LogP contribution in [0.15, 0.2) is 42.5 Å². The van der Waals surface area contributed by atoms with Crippen LogP contribution in [0.3, 0.4) is 0 Å². The van der Waals surface area contributed by atoms with E-state index in [-0.39, 0.29) is 18.5 Å². The van der Waals surface area contributed by atoms with Gasteiger partial charge in [-0.15, -0.1) is 0 Å². The molecular formula is C25H34ClN3O4S. The fraction of sp³-hybridized carbons (Fsp3) is 0.440. The SMILES string of the molecule is CC[C@H](C(=O)NC(C)C)N(Cc1ccccc1C)C(=O)CN(c1cc(Cl)ccc1C)S(C)(=O)=O. The van der Waals surface area contributed by atoms with Crippen molar-refractivity contribution in [3.63, 3.8) is 0 Å². The molecule has 0 aliphatic carbocycles. The maximum Gasteiger partial charge on any atom is 0.244 e. The number of hydrogen-bond donors (Lipinski definition) is 1. The Labute approximate surface area is 208 Å². The molecule has 2 aromatic carbocycles. The van der Waals surface area contributed by atoms with Gasteiger partial charge in [0, 0.05) is 17.6 Å². The molecule has 7 nitrogen and oxygen atoms in total. The van der Waals surface area contributed by atoms with Gasteiger partial charge in [0.1, 0.15) is 12.6 Å². The third kappa shape index (κ3) is 7.21. The summed E-state index contributed by atoms with van der Waals surface area (Å²) in [5.74, 6) is -0.747. The Kier molecular flexibility index (Phi) is 9.53. The number of amides is 2. The van der Waals surface area contributed by atoms with E-state index >= 15 is 0 Å². The molecule has 0 unspecified atom stereocenters. The highest BCUT2D eigenvalue weighted by Gasteiger charge is 2.32. The van der Waals surface area contributed by atoms with Gasteiger partial charge in [-0.05, 0) is 62.9 Å². The number of nitrogens with zero attached hydrogens (tertiary/aromatic N) is 2. The molecule has 0 aromatic heterocycles. The van der Waals surface area contributed by atoms with E-state index in [4.69, 9.17) is 11.6 Å². The van der Waals surface area contributed by atoms with Crippen molar-refractivity contribution in [3.05, 3.63) is 64.2 Å². The molecular weight excluding hydrogens is 474 g/mol. The standard InChI is InChI=1S/C25H34ClN3O4S/c1-7-22(25(31)27-17(2)3)28(15-20-11-9-8-10-18(20)4)24(30)16-29(34(6,32)33)23-14-21(26)13-12-19(23)5/h8-14,17,22H,7,15-16H2,1-6H3,(H,27,31)/t22-/m1/s1. The second kappa shape index (κ2) is 11.7. The van der Waals surface area contributed by atoms with Gasteiger partial charge in [0.15, 0.2) is 0 Å². The Morgan fingerprint density at radius 1 is 1.06 bits per heavy atom. The molecule has 0 radical (unpaired) electrons. The van der Waals surface area contributed by atoms with Crippen LogP contribution in [-0.2, 0) is 26.2 Å². The Hall–Kier alpha value is -2.58. The van der Waals surface area contributed by atoms with Crippen molar-refractivity contribution >= 4 is 39.1 Å². The molecule has 0 saturated heterocycles. The minimum Gasteiger partial charge on any atom is -0.352 e. The fourth-order valence-corrected chi connectivity index (χ4v) is 4.78. The first-order valence-corrected chi connectivity index (χ1v) is 13.5. The topological polar surface area (TPSA) is 86.8 Å². The Balaban J connectivity index is 2.50. The predicted molar refractivity (Wildman–Crippen MR) is 137 cm³/mol. The van der Waals surface area contributed by atoms with E-state index in [1.54, 1.807) is 19.1 Å². The van der Waals surface area contributed by atoms with Gasteiger partial charge in [0.25, 0.3) is 0 Å². The van der Waals surface area contributed by atoms with E-state index in [0.29, 0.717) is 22.7 Å². The molecule has 0 fully saturated rings. The van der Waals surface area contributed by atoms with E-state index < -0.39 is 28.5 Å². The summed E-state index contributed by atoms with van der Waals surface area (Å²) >= 11 is 6.13. The molecule has 9 heteroatoms. The number of benzene rings is 2. The van der Waals surface area contributed by atoms with Crippen molar-refractivity contribution in [1.29, 1.82) is 0 Å². The van der Waals surface area contributed by atoms with E-state index in [2.05, 4.69) is 5.32 Å². The maximum atomic E-state index is 13.7. The lowest BCUT2D eigenvalue weighted by molar-refractivity contribution is -0.140. The van der Waals surface area contributed by atoms with Crippen LogP contribution < -0.4 is 9.62 Å². The van der Waals surface area contributed by atoms with Crippen LogP contribution in [0.5, 0.6) is 0 Å². The predicted octanol–water partition coefficient (Wildman–Crippen LogP) is 4.05. The number of carbonyl (C=O) groups excluding carboxylic acids is 2. The smallest absolute Gasteiger partial charge is 0.244 e. The van der Waals surface area contributed by atoms with Gasteiger partial charge in [-0.3, -0.25) is 13.9 Å². The van der Waals surface area contributed by atoms with Crippen LogP contribution in [0, 0.1) is 13.8 Å². The van der Waals surface area contributed by atoms with E-state index in [1.165, 1.54) is 11.0 Å². The van der Waals surface area contributed by atoms with Crippen molar-refractivity contribution in [2.24, 2.45) is 0 Å². The summed E-state index contributed by atoms with van der Waals surface area (Å²) in [6.45, 7) is 8.96. The first-order valence-electron chi connectivity index (χ1n) is 11.2. The summed E-state index contributed by atoms with van der Waals surface area (Å²) < 4.78 is 26.5. The highest BCUT2D eigenvalue weighted by Crippen LogP contribution is 2.27. The average Bonchev–Trinajstić information content (AvgIpc) is 2.73. The van der Waals surface area contributed by atoms with Crippen LogP contribution in [0.4, 0.5) is 5.69 Å². The van der Waals surface area contributed by atoms with Crippen LogP contribution in [0.1, 0.15) is 43.9 Å². The Morgan fingerprint density at radius 3 is 2.26 bits per heavy atom. The molecule has 186 valence electrons. The molecule has 2 amide bonds. The molecule has 0 saturated carbocycles. The monoisotopic (exact) mass is 507 g/mol. The number of halogens is 1. The zero-order chi connectivity index (χ0) is 25.6. The van der Waals surface area contributed by atoms with Gasteiger partial charge >= 0.3 is 0 Å². The second-order valence-corrected chi connectivity index (χ2v) is 11.1. The molecule has 0 heterocycles. The lowest BCUT2D eigenvalue weighted by Crippen LogP contribution is -2.53. The number of aryl methyl sites for hydroxylation is 2. The van der Waals surface area contributed by atoms with Crippen LogP contribution in [0.25, 0.3) is 0 Å². The van der Waals surface area contributed by atoms with Crippen molar-refractivity contribution in [2.75, 3.05) is 17.1 Å². The van der Waals surface area contributed by atoms with Crippen LogP contribution in [0.2, 0.25) is 5.02 Å². The normalized spacial score (nSPS) is 12.4. The molecule has 1 atom stereocenters. The summed E-state index contributed by atoms with van der Waals surface area (Å²) in [4.78, 5) is 28.2. The third-order valence-corrected chi connectivity index (χ3v) is 6.90. The van der Waals surface area contributed by atoms with Gasteiger partial charge in [-0.2, -0.15) is 0 Å². The largest absolute Gasteiger partial charge is 0.352 e. The van der Waals surface area contributed by atoms with Crippen molar-refractivity contribution in [1.82, 2.24) is 10.2 Å². The summed E-state index contributed by atoms with van der Waals surface area (Å²) in [7, 11) is -3.81. The fourth-order valence-electron chi connectivity index (χ4n) is 3.72. The summed E-state index contributed by atoms with van der Waals surface area (Å²) in [5.41, 5.74) is 2.86. The van der Waals surface area contributed by atoms with Gasteiger partial charge in [-0.1, -0.05) is 48.9 Å². The lowest BCUT2D eigenvalue weighted by atomic mass is 10.1. The molecule has 1 N–H and O–H groups in total. The highest BCUT2D eigenvalue weighted by atomic mass is 35.5. The van der Waals surface area contributed by atoms with E-state index in [9.17, 15) is 18.0 Å². The second-order valence-electron chi connectivity index (χ2n) is 8.74. The van der Waals surface area contributed by atoms with Crippen LogP contribution in [-0.4, -0.2) is 50.0 Å². The van der Waals surface area contributed by atoms with Crippen molar-refractivity contribution in [2.45, 2.75) is 59.7 Å². The van der Waals surface area contributed by atoms with Crippen molar-refractivity contribution < 1.29 is 18.0 Å². The number of anilines is 1. The number of nitrogens with one attached hydrogen (secondary N) is 1. The van der Waals surface area contributed by atoms with Gasteiger partial charge < -0.3 is 10.2 Å². The summed E-state index contributed by atoms with van der Waals surface area (Å²) in [5, 5.41) is 3.24. The molecule has 0 aliphatic rings. The first-order chi connectivity index (χ1) is 15.8. The molecule has 0 spiro atoms. The average molecular weight is 508 g/mol. The molecule has 0 bridgehead atoms. The minimum atomic E-state index is -3.81. The number of sulfonamides is 1. The zero-order valence-electron chi connectivity index (χ0n) is 20.6. The minimum absolute atomic E-state index is 0.0985. The van der Waals surface area contributed by atoms with Gasteiger partial charge in [0.2, 0.25) is 21.8 Å². The molecule has 2 aromatic rings. The summed E-state index contributed by atoms with van der Waals surface area (Å²) in [6.07, 6.45) is 1.43. The summed E-state index contributed by atoms with van der Waals surface area (Å²) in [6, 6.07) is 11.7. The quantitative estimate of drug-likeness (QED) is 0.525. The van der Waals surface area contributed by atoms with Gasteiger partial charge in [-0.25, -0.2) is 8.42 Å². The lowest BCUT2D eigenvalue weighted by Gasteiger charge is -2.33. The first kappa shape index (κ1) is 27.7. The Morgan fingerprint density at radius 2 is 1.71 bits per heavy atom. The third-order valence-electron chi connectivity index (χ3n) is 5.54. The zero-order valence-corrected chi connectivity index (χ0v) is 22.2. The molecule has 2 rings (SSSR count). The van der Waals surface area contributed by atoms with Crippen LogP contribution >= 0.6 is 11.6 Å². The maximum absolute atomic E-state index is 13.7. The van der Waals surface area contributed by atoms with Gasteiger partial charge in [0.05, 0.1) is 11.9 Å². The Bertz CT molecular complexity index is 1130. The number of hydrogen-bond acceptors (Lipinski definition) is 4. The molecule has 34 heavy (non-hydrogen) atoms. The number of carbonyl (C=O) groups is 2. The number of rotatable bonds is 10. The highest BCUT2D eigenvalue weighted by molar-refractivity contribution is 7.92.